The van der Waals surface area contributed by atoms with E-state index in [1.54, 1.807) is 0 Å². The van der Waals surface area contributed by atoms with Crippen LogP contribution in [0, 0.1) is 20.2 Å². The van der Waals surface area contributed by atoms with E-state index < -0.39 is 27.2 Å². The third-order valence-electron chi connectivity index (χ3n) is 1.04. The van der Waals surface area contributed by atoms with Crippen LogP contribution in [0.5, 0.6) is 0 Å². The lowest BCUT2D eigenvalue weighted by Gasteiger charge is -2.06. The Morgan fingerprint density at radius 3 is 1.83 bits per heavy atom. The minimum absolute atomic E-state index is 0.581. The number of hydrazine groups is 2. The summed E-state index contributed by atoms with van der Waals surface area (Å²) >= 11 is 0. The molecule has 0 aromatic heterocycles. The van der Waals surface area contributed by atoms with Crippen LogP contribution in [-0.4, -0.2) is 32.3 Å². The van der Waals surface area contributed by atoms with E-state index in [0.717, 1.165) is 6.92 Å². The summed E-state index contributed by atoms with van der Waals surface area (Å²) in [5.41, 5.74) is 0. The Hall–Kier alpha value is -1.93. The molecule has 0 aliphatic rings. The average molecular weight is 179 g/mol. The van der Waals surface area contributed by atoms with Crippen molar-refractivity contribution in [3.05, 3.63) is 20.2 Å². The fourth-order valence-corrected chi connectivity index (χ4v) is 0.441. The summed E-state index contributed by atoms with van der Waals surface area (Å²) in [6, 6.07) is -1.80. The monoisotopic (exact) mass is 179 g/mol. The van der Waals surface area contributed by atoms with E-state index in [0.29, 0.717) is 0 Å². The van der Waals surface area contributed by atoms with Gasteiger partial charge in [0, 0.05) is 0 Å². The number of rotatable bonds is 4. The van der Waals surface area contributed by atoms with Gasteiger partial charge in [-0.2, -0.15) is 0 Å². The molecule has 9 heteroatoms. The largest absolute Gasteiger partial charge is 0.479 e. The van der Waals surface area contributed by atoms with E-state index in [9.17, 15) is 25.0 Å². The van der Waals surface area contributed by atoms with Crippen molar-refractivity contribution in [2.75, 3.05) is 0 Å². The zero-order valence-electron chi connectivity index (χ0n) is 5.91. The topological polar surface area (TPSA) is 127 Å². The Morgan fingerprint density at radius 2 is 1.75 bits per heavy atom. The van der Waals surface area contributed by atoms with Gasteiger partial charge in [-0.3, -0.25) is 0 Å². The van der Waals surface area contributed by atoms with Crippen LogP contribution in [0.4, 0.5) is 0 Å². The van der Waals surface area contributed by atoms with Gasteiger partial charge in [0.25, 0.3) is 6.04 Å². The molecule has 0 aliphatic carbocycles. The summed E-state index contributed by atoms with van der Waals surface area (Å²) < 4.78 is 0. The molecular weight excluding hydrogens is 174 g/mol. The Bertz CT molecular complexity index is 212. The normalized spacial score (nSPS) is 11.8. The maximum absolute atomic E-state index is 10.1. The van der Waals surface area contributed by atoms with Gasteiger partial charge in [0.2, 0.25) is 10.1 Å². The van der Waals surface area contributed by atoms with Gasteiger partial charge in [-0.15, -0.1) is 0 Å². The summed E-state index contributed by atoms with van der Waals surface area (Å²) in [5.74, 6) is -1.64. The van der Waals surface area contributed by atoms with Gasteiger partial charge in [0.05, 0.1) is 0 Å². The minimum atomic E-state index is -1.80. The first kappa shape index (κ1) is 10.1. The predicted molar refractivity (Wildman–Crippen MR) is 32.9 cm³/mol. The predicted octanol–water partition coefficient (Wildman–Crippen LogP) is -0.855. The van der Waals surface area contributed by atoms with E-state index in [-0.39, 0.29) is 0 Å². The molecule has 0 saturated carbocycles. The molecule has 0 heterocycles. The quantitative estimate of drug-likeness (QED) is 0.439. The zero-order chi connectivity index (χ0) is 9.89. The molecule has 0 aromatic rings. The van der Waals surface area contributed by atoms with E-state index in [1.807, 2.05) is 0 Å². The highest BCUT2D eigenvalue weighted by molar-refractivity contribution is 5.72. The summed E-state index contributed by atoms with van der Waals surface area (Å²) in [7, 11) is 0. The number of nitro groups is 2. The Balaban J connectivity index is 4.63. The lowest BCUT2D eigenvalue weighted by Crippen LogP contribution is -2.46. The molecule has 68 valence electrons. The van der Waals surface area contributed by atoms with E-state index >= 15 is 0 Å². The molecule has 0 radical (unpaired) electrons. The van der Waals surface area contributed by atoms with Gasteiger partial charge in [0.1, 0.15) is 0 Å². The van der Waals surface area contributed by atoms with Crippen molar-refractivity contribution in [1.82, 2.24) is 5.12 Å². The van der Waals surface area contributed by atoms with Crippen LogP contribution in [0.3, 0.4) is 0 Å². The second-order valence-electron chi connectivity index (χ2n) is 1.81. The standard InChI is InChI=1S/C3H5N3O6/c1-2(3(7)8)4(5(9)10)6(11)12/h2H,1H3,(H,7,8). The summed E-state index contributed by atoms with van der Waals surface area (Å²) in [5, 5.41) is 24.7. The molecule has 0 aliphatic heterocycles. The van der Waals surface area contributed by atoms with Crippen LogP contribution in [0.1, 0.15) is 6.92 Å². The van der Waals surface area contributed by atoms with E-state index in [1.165, 1.54) is 0 Å². The lowest BCUT2D eigenvalue weighted by atomic mass is 10.4. The first-order valence-corrected chi connectivity index (χ1v) is 2.68. The molecule has 1 unspecified atom stereocenters. The van der Waals surface area contributed by atoms with Gasteiger partial charge in [-0.25, -0.2) is 25.0 Å². The summed E-state index contributed by atoms with van der Waals surface area (Å²) in [6.07, 6.45) is 0. The Kier molecular flexibility index (Phi) is 2.90. The van der Waals surface area contributed by atoms with Crippen molar-refractivity contribution in [2.45, 2.75) is 13.0 Å². The molecule has 0 spiro atoms. The van der Waals surface area contributed by atoms with Crippen LogP contribution in [-0.2, 0) is 4.79 Å². The van der Waals surface area contributed by atoms with Crippen LogP contribution in [0.15, 0.2) is 0 Å². The van der Waals surface area contributed by atoms with Gasteiger partial charge in [-0.1, -0.05) is 0 Å². The highest BCUT2D eigenvalue weighted by Gasteiger charge is 2.39. The lowest BCUT2D eigenvalue weighted by molar-refractivity contribution is -0.911. The Morgan fingerprint density at radius 1 is 1.42 bits per heavy atom. The maximum Gasteiger partial charge on any atom is 0.339 e. The second-order valence-corrected chi connectivity index (χ2v) is 1.81. The van der Waals surface area contributed by atoms with E-state index in [4.69, 9.17) is 5.11 Å². The number of hydrogen-bond donors (Lipinski definition) is 1. The molecule has 0 amide bonds. The van der Waals surface area contributed by atoms with Crippen molar-refractivity contribution in [3.8, 4) is 0 Å². The molecule has 0 aromatic carbocycles. The molecule has 1 atom stereocenters. The molecule has 0 fully saturated rings. The number of carboxylic acid groups (broad SMARTS) is 1. The number of aliphatic carboxylic acids is 1. The van der Waals surface area contributed by atoms with E-state index in [2.05, 4.69) is 0 Å². The third kappa shape index (κ3) is 2.04. The van der Waals surface area contributed by atoms with Crippen molar-refractivity contribution >= 4 is 5.97 Å². The van der Waals surface area contributed by atoms with Crippen molar-refractivity contribution in [2.24, 2.45) is 0 Å². The van der Waals surface area contributed by atoms with Gasteiger partial charge in [-0.05, 0) is 6.92 Å². The minimum Gasteiger partial charge on any atom is -0.479 e. The number of carbonyl (C=O) groups is 1. The molecule has 1 N–H and O–H groups in total. The van der Waals surface area contributed by atoms with Crippen molar-refractivity contribution in [3.63, 3.8) is 0 Å². The number of nitrogens with zero attached hydrogens (tertiary/aromatic N) is 3. The van der Waals surface area contributed by atoms with Crippen LogP contribution >= 0.6 is 0 Å². The van der Waals surface area contributed by atoms with Crippen molar-refractivity contribution < 1.29 is 20.0 Å². The summed E-state index contributed by atoms with van der Waals surface area (Å²) in [6.45, 7) is 0.841. The highest BCUT2D eigenvalue weighted by atomic mass is 16.8. The molecule has 0 bridgehead atoms. The smallest absolute Gasteiger partial charge is 0.339 e. The van der Waals surface area contributed by atoms with Crippen molar-refractivity contribution in [1.29, 1.82) is 0 Å². The highest BCUT2D eigenvalue weighted by Crippen LogP contribution is 1.98. The Labute approximate surface area is 65.4 Å². The van der Waals surface area contributed by atoms with Gasteiger partial charge in [0.15, 0.2) is 5.12 Å². The van der Waals surface area contributed by atoms with Gasteiger partial charge >= 0.3 is 5.97 Å². The average Bonchev–Trinajstić information content (AvgIpc) is 1.85. The van der Waals surface area contributed by atoms with Gasteiger partial charge < -0.3 is 5.11 Å². The SMILES string of the molecule is CC(C(=O)O)N([N+](=O)[O-])[N+](=O)[O-]. The fourth-order valence-electron chi connectivity index (χ4n) is 0.441. The molecular formula is C3H5N3O6. The molecule has 12 heavy (non-hydrogen) atoms. The number of carboxylic acids is 1. The third-order valence-corrected chi connectivity index (χ3v) is 1.04. The maximum atomic E-state index is 10.1. The molecule has 0 saturated heterocycles. The fraction of sp³-hybridized carbons (Fsp3) is 0.667. The molecule has 9 nitrogen and oxygen atoms in total. The van der Waals surface area contributed by atoms with Crippen LogP contribution in [0.2, 0.25) is 0 Å². The van der Waals surface area contributed by atoms with Crippen LogP contribution in [0.25, 0.3) is 0 Å². The summed E-state index contributed by atoms with van der Waals surface area (Å²) in [4.78, 5) is 29.9. The number of hydrogen-bond acceptors (Lipinski definition) is 5. The second kappa shape index (κ2) is 3.46. The first-order chi connectivity index (χ1) is 5.37. The zero-order valence-corrected chi connectivity index (χ0v) is 5.91. The molecule has 0 rings (SSSR count). The first-order valence-electron chi connectivity index (χ1n) is 2.68. The van der Waals surface area contributed by atoms with Crippen LogP contribution < -0.4 is 0 Å².